The fraction of sp³-hybridized carbons (Fsp3) is 0.276. The van der Waals surface area contributed by atoms with Crippen LogP contribution in [0, 0.1) is 24.2 Å². The summed E-state index contributed by atoms with van der Waals surface area (Å²) in [6, 6.07) is 25.3. The first-order valence-electron chi connectivity index (χ1n) is 11.9. The molecule has 1 saturated carbocycles. The predicted molar refractivity (Wildman–Crippen MR) is 136 cm³/mol. The van der Waals surface area contributed by atoms with Gasteiger partial charge in [0.2, 0.25) is 5.91 Å². The van der Waals surface area contributed by atoms with Crippen molar-refractivity contribution in [1.82, 2.24) is 10.5 Å². The summed E-state index contributed by atoms with van der Waals surface area (Å²) >= 11 is 0. The molecule has 4 aromatic rings. The van der Waals surface area contributed by atoms with Crippen LogP contribution >= 0.6 is 0 Å². The highest BCUT2D eigenvalue weighted by Crippen LogP contribution is 2.63. The Hall–Kier alpha value is -3.93. The van der Waals surface area contributed by atoms with E-state index in [-0.39, 0.29) is 40.8 Å². The minimum atomic E-state index is -0.282. The Balaban J connectivity index is 1.33. The molecule has 0 radical (unpaired) electrons. The number of carbonyl (C=O) groups excluding carboxylic acids is 2. The molecule has 1 fully saturated rings. The van der Waals surface area contributed by atoms with E-state index in [2.05, 4.69) is 28.8 Å². The average molecular weight is 468 g/mol. The van der Waals surface area contributed by atoms with E-state index in [4.69, 9.17) is 4.52 Å². The maximum absolute atomic E-state index is 13.2. The van der Waals surface area contributed by atoms with Gasteiger partial charge in [-0.05, 0) is 53.1 Å². The van der Waals surface area contributed by atoms with Gasteiger partial charge in [0, 0.05) is 17.7 Å². The lowest BCUT2D eigenvalue weighted by Gasteiger charge is -2.28. The van der Waals surface area contributed by atoms with E-state index in [9.17, 15) is 9.59 Å². The predicted octanol–water partition coefficient (Wildman–Crippen LogP) is 5.91. The third-order valence-corrected chi connectivity index (χ3v) is 7.31. The molecule has 2 N–H and O–H groups in total. The maximum Gasteiger partial charge on any atom is 0.273 e. The molecule has 1 aromatic heterocycles. The molecule has 3 aromatic carbocycles. The summed E-state index contributed by atoms with van der Waals surface area (Å²) in [6.45, 7) is 5.87. The largest absolute Gasteiger partial charge is 0.361 e. The van der Waals surface area contributed by atoms with Crippen molar-refractivity contribution in [2.24, 2.45) is 17.3 Å². The fourth-order valence-corrected chi connectivity index (χ4v) is 5.15. The number of hydrogen-bond acceptors (Lipinski definition) is 4. The molecular weight excluding hydrogens is 438 g/mol. The minimum Gasteiger partial charge on any atom is -0.361 e. The molecule has 2 amide bonds. The number of nitrogens with zero attached hydrogens (tertiary/aromatic N) is 1. The second-order valence-electron chi connectivity index (χ2n) is 9.80. The van der Waals surface area contributed by atoms with Crippen LogP contribution in [0.1, 0.15) is 48.1 Å². The second-order valence-corrected chi connectivity index (χ2v) is 9.80. The van der Waals surface area contributed by atoms with E-state index in [1.54, 1.807) is 13.0 Å². The van der Waals surface area contributed by atoms with Gasteiger partial charge in [-0.3, -0.25) is 9.59 Å². The zero-order valence-electron chi connectivity index (χ0n) is 20.1. The Kier molecular flexibility index (Phi) is 5.89. The molecule has 1 aliphatic rings. The lowest BCUT2D eigenvalue weighted by Crippen LogP contribution is -2.36. The first-order chi connectivity index (χ1) is 16.8. The number of benzene rings is 3. The van der Waals surface area contributed by atoms with Crippen LogP contribution in [0.4, 0.5) is 5.69 Å². The van der Waals surface area contributed by atoms with Crippen molar-refractivity contribution in [3.63, 3.8) is 0 Å². The Morgan fingerprint density at radius 2 is 1.71 bits per heavy atom. The normalized spacial score (nSPS) is 20.7. The number of anilines is 1. The molecule has 0 bridgehead atoms. The number of nitrogens with one attached hydrogen (secondary N) is 2. The number of hydrogen-bond donors (Lipinski definition) is 2. The van der Waals surface area contributed by atoms with Crippen LogP contribution in [0.3, 0.4) is 0 Å². The van der Waals surface area contributed by atoms with Crippen LogP contribution in [0.25, 0.3) is 10.8 Å². The summed E-state index contributed by atoms with van der Waals surface area (Å²) in [7, 11) is 0. The number of aromatic nitrogens is 1. The maximum atomic E-state index is 13.2. The van der Waals surface area contributed by atoms with Crippen molar-refractivity contribution in [3.8, 4) is 0 Å². The van der Waals surface area contributed by atoms with Crippen LogP contribution in [0.15, 0.2) is 83.4 Å². The van der Waals surface area contributed by atoms with Gasteiger partial charge in [-0.1, -0.05) is 79.7 Å². The third kappa shape index (κ3) is 4.56. The SMILES string of the molecule is Cc1cc(C(=O)NC(c2ccccc2)[C@]2(C)CC2C(C)C(=O)Nc2ccc3ccccc3c2)no1. The van der Waals surface area contributed by atoms with Crippen molar-refractivity contribution in [2.45, 2.75) is 33.2 Å². The molecular formula is C29H29N3O3. The van der Waals surface area contributed by atoms with Gasteiger partial charge in [0.05, 0.1) is 6.04 Å². The molecule has 3 unspecified atom stereocenters. The molecule has 6 heteroatoms. The van der Waals surface area contributed by atoms with Crippen LogP contribution in [0.2, 0.25) is 0 Å². The Morgan fingerprint density at radius 1 is 1.00 bits per heavy atom. The van der Waals surface area contributed by atoms with Crippen LogP contribution in [-0.4, -0.2) is 17.0 Å². The molecule has 5 rings (SSSR count). The van der Waals surface area contributed by atoms with Gasteiger partial charge in [-0.15, -0.1) is 0 Å². The highest BCUT2D eigenvalue weighted by atomic mass is 16.5. The Labute approximate surface area is 204 Å². The molecule has 178 valence electrons. The van der Waals surface area contributed by atoms with Gasteiger partial charge < -0.3 is 15.2 Å². The van der Waals surface area contributed by atoms with E-state index in [0.29, 0.717) is 5.76 Å². The van der Waals surface area contributed by atoms with E-state index in [1.807, 2.05) is 73.7 Å². The fourth-order valence-electron chi connectivity index (χ4n) is 5.15. The summed E-state index contributed by atoms with van der Waals surface area (Å²) in [5.41, 5.74) is 1.78. The van der Waals surface area contributed by atoms with Crippen LogP contribution < -0.4 is 10.6 Å². The van der Waals surface area contributed by atoms with Crippen LogP contribution in [-0.2, 0) is 4.79 Å². The summed E-state index contributed by atoms with van der Waals surface area (Å²) in [5.74, 6) is 0.187. The number of fused-ring (bicyclic) bond motifs is 1. The van der Waals surface area contributed by atoms with Gasteiger partial charge in [-0.25, -0.2) is 0 Å². The Bertz CT molecular complexity index is 1380. The number of aryl methyl sites for hydroxylation is 1. The number of carbonyl (C=O) groups is 2. The first-order valence-corrected chi connectivity index (χ1v) is 11.9. The van der Waals surface area contributed by atoms with Gasteiger partial charge >= 0.3 is 0 Å². The molecule has 4 atom stereocenters. The average Bonchev–Trinajstić information content (AvgIpc) is 3.37. The highest BCUT2D eigenvalue weighted by molar-refractivity contribution is 5.96. The van der Waals surface area contributed by atoms with E-state index in [0.717, 1.165) is 28.4 Å². The first kappa shape index (κ1) is 22.8. The molecule has 0 spiro atoms. The van der Waals surface area contributed by atoms with Crippen molar-refractivity contribution in [3.05, 3.63) is 95.9 Å². The van der Waals surface area contributed by atoms with Crippen molar-refractivity contribution < 1.29 is 14.1 Å². The summed E-state index contributed by atoms with van der Waals surface area (Å²) in [6.07, 6.45) is 0.830. The highest BCUT2D eigenvalue weighted by Gasteiger charge is 2.59. The zero-order chi connectivity index (χ0) is 24.6. The van der Waals surface area contributed by atoms with Crippen molar-refractivity contribution in [2.75, 3.05) is 5.32 Å². The van der Waals surface area contributed by atoms with Gasteiger partial charge in [0.25, 0.3) is 5.91 Å². The standard InChI is InChI=1S/C29H29N3O3/c1-18-15-25(32-35-18)28(34)31-26(21-10-5-4-6-11-21)29(3)17-24(29)19(2)27(33)30-23-14-13-20-9-7-8-12-22(20)16-23/h4-16,19,24,26H,17H2,1-3H3,(H,30,33)(H,31,34)/t19?,24?,26?,29-/m1/s1. The van der Waals surface area contributed by atoms with Gasteiger partial charge in [0.1, 0.15) is 5.76 Å². The van der Waals surface area contributed by atoms with E-state index < -0.39 is 0 Å². The lowest BCUT2D eigenvalue weighted by atomic mass is 9.86. The summed E-state index contributed by atoms with van der Waals surface area (Å²) < 4.78 is 5.08. The molecule has 0 aliphatic heterocycles. The summed E-state index contributed by atoms with van der Waals surface area (Å²) in [5, 5.41) is 12.3. The lowest BCUT2D eigenvalue weighted by molar-refractivity contribution is -0.120. The number of rotatable bonds is 7. The third-order valence-electron chi connectivity index (χ3n) is 7.31. The topological polar surface area (TPSA) is 84.2 Å². The van der Waals surface area contributed by atoms with Gasteiger partial charge in [0.15, 0.2) is 5.69 Å². The second kappa shape index (κ2) is 9.02. The van der Waals surface area contributed by atoms with Crippen molar-refractivity contribution in [1.29, 1.82) is 0 Å². The monoisotopic (exact) mass is 467 g/mol. The summed E-state index contributed by atoms with van der Waals surface area (Å²) in [4.78, 5) is 26.2. The number of amides is 2. The van der Waals surface area contributed by atoms with E-state index in [1.165, 1.54) is 0 Å². The molecule has 1 heterocycles. The van der Waals surface area contributed by atoms with E-state index >= 15 is 0 Å². The quantitative estimate of drug-likeness (QED) is 0.354. The molecule has 6 nitrogen and oxygen atoms in total. The zero-order valence-corrected chi connectivity index (χ0v) is 20.1. The Morgan fingerprint density at radius 3 is 2.43 bits per heavy atom. The smallest absolute Gasteiger partial charge is 0.273 e. The molecule has 1 aliphatic carbocycles. The molecule has 35 heavy (non-hydrogen) atoms. The minimum absolute atomic E-state index is 0.0146. The van der Waals surface area contributed by atoms with Crippen molar-refractivity contribution >= 4 is 28.3 Å². The van der Waals surface area contributed by atoms with Crippen LogP contribution in [0.5, 0.6) is 0 Å². The van der Waals surface area contributed by atoms with Gasteiger partial charge in [-0.2, -0.15) is 0 Å². The molecule has 0 saturated heterocycles.